The van der Waals surface area contributed by atoms with Crippen LogP contribution in [0.5, 0.6) is 0 Å². The van der Waals surface area contributed by atoms with Crippen LogP contribution in [0, 0.1) is 35.5 Å². The van der Waals surface area contributed by atoms with Gasteiger partial charge in [0.25, 0.3) is 0 Å². The maximum Gasteiger partial charge on any atom is 0.223 e. The van der Waals surface area contributed by atoms with Crippen molar-refractivity contribution in [3.05, 3.63) is 0 Å². The minimum Gasteiger partial charge on any atom is -0.354 e. The lowest BCUT2D eigenvalue weighted by atomic mass is 9.51. The van der Waals surface area contributed by atoms with E-state index in [9.17, 15) is 9.59 Å². The molecule has 4 aliphatic rings. The minimum absolute atomic E-state index is 0.00475. The fourth-order valence-electron chi connectivity index (χ4n) is 5.05. The van der Waals surface area contributed by atoms with Crippen molar-refractivity contribution in [2.75, 3.05) is 13.1 Å². The molecule has 0 spiro atoms. The van der Waals surface area contributed by atoms with Crippen LogP contribution >= 0.6 is 0 Å². The molecule has 0 aromatic heterocycles. The first kappa shape index (κ1) is 14.9. The van der Waals surface area contributed by atoms with Gasteiger partial charge in [0.1, 0.15) is 0 Å². The normalized spacial score (nSPS) is 36.8. The number of nitrogens with one attached hydrogen (secondary N) is 2. The van der Waals surface area contributed by atoms with E-state index in [0.29, 0.717) is 24.9 Å². The third-order valence-corrected chi connectivity index (χ3v) is 5.78. The fourth-order valence-corrected chi connectivity index (χ4v) is 5.05. The molecule has 4 aliphatic carbocycles. The topological polar surface area (TPSA) is 58.2 Å². The van der Waals surface area contributed by atoms with E-state index < -0.39 is 0 Å². The van der Waals surface area contributed by atoms with E-state index in [-0.39, 0.29) is 23.7 Å². The van der Waals surface area contributed by atoms with Gasteiger partial charge in [0.15, 0.2) is 0 Å². The third-order valence-electron chi connectivity index (χ3n) is 5.78. The zero-order valence-corrected chi connectivity index (χ0v) is 13.2. The fraction of sp³-hybridized carbons (Fsp3) is 0.882. The van der Waals surface area contributed by atoms with Gasteiger partial charge < -0.3 is 10.6 Å². The molecule has 0 aromatic carbocycles. The lowest BCUT2D eigenvalue weighted by molar-refractivity contribution is -0.138. The molecule has 4 bridgehead atoms. The van der Waals surface area contributed by atoms with Crippen LogP contribution < -0.4 is 10.6 Å². The zero-order valence-electron chi connectivity index (χ0n) is 13.2. The van der Waals surface area contributed by atoms with E-state index in [4.69, 9.17) is 0 Å². The minimum atomic E-state index is 0.00475. The van der Waals surface area contributed by atoms with E-state index in [1.165, 1.54) is 32.1 Å². The van der Waals surface area contributed by atoms with Crippen LogP contribution in [0.1, 0.15) is 46.0 Å². The second kappa shape index (κ2) is 5.98. The number of carbonyl (C=O) groups excluding carboxylic acids is 2. The van der Waals surface area contributed by atoms with E-state index in [1.807, 2.05) is 13.8 Å². The second-order valence-electron chi connectivity index (χ2n) is 7.69. The molecule has 0 atom stereocenters. The monoisotopic (exact) mass is 292 g/mol. The van der Waals surface area contributed by atoms with Gasteiger partial charge in [0, 0.05) is 24.9 Å². The molecular formula is C17H28N2O2. The largest absolute Gasteiger partial charge is 0.354 e. The number of hydrogen-bond donors (Lipinski definition) is 2. The van der Waals surface area contributed by atoms with Crippen molar-refractivity contribution in [1.29, 1.82) is 0 Å². The highest BCUT2D eigenvalue weighted by Crippen LogP contribution is 2.56. The van der Waals surface area contributed by atoms with Crippen molar-refractivity contribution < 1.29 is 9.59 Å². The Morgan fingerprint density at radius 1 is 0.905 bits per heavy atom. The zero-order chi connectivity index (χ0) is 15.0. The molecule has 21 heavy (non-hydrogen) atoms. The molecule has 0 heterocycles. The highest BCUT2D eigenvalue weighted by atomic mass is 16.2. The molecule has 118 valence electrons. The Bertz CT molecular complexity index is 391. The smallest absolute Gasteiger partial charge is 0.223 e. The van der Waals surface area contributed by atoms with E-state index in [0.717, 1.165) is 11.8 Å². The summed E-state index contributed by atoms with van der Waals surface area (Å²) in [7, 11) is 0. The maximum atomic E-state index is 12.5. The highest BCUT2D eigenvalue weighted by Gasteiger charge is 2.50. The van der Waals surface area contributed by atoms with Gasteiger partial charge >= 0.3 is 0 Å². The standard InChI is InChI=1S/C17H28N2O2/c1-10(2)16(20)18-3-4-19-17(21)15-13-6-11-5-12(8-13)9-14(15)7-11/h10-15H,3-9H2,1-2H3,(H,18,20)(H,19,21). The van der Waals surface area contributed by atoms with Crippen LogP contribution in [0.25, 0.3) is 0 Å². The van der Waals surface area contributed by atoms with Crippen molar-refractivity contribution >= 4 is 11.8 Å². The van der Waals surface area contributed by atoms with Gasteiger partial charge in [-0.25, -0.2) is 0 Å². The lowest BCUT2D eigenvalue weighted by Gasteiger charge is -2.53. The average Bonchev–Trinajstić information content (AvgIpc) is 2.42. The maximum absolute atomic E-state index is 12.5. The van der Waals surface area contributed by atoms with Gasteiger partial charge in [-0.05, 0) is 55.8 Å². The van der Waals surface area contributed by atoms with Crippen molar-refractivity contribution in [3.63, 3.8) is 0 Å². The van der Waals surface area contributed by atoms with Crippen molar-refractivity contribution in [3.8, 4) is 0 Å². The quantitative estimate of drug-likeness (QED) is 0.761. The molecular weight excluding hydrogens is 264 g/mol. The van der Waals surface area contributed by atoms with Crippen molar-refractivity contribution in [2.45, 2.75) is 46.0 Å². The number of amides is 2. The Labute approximate surface area is 127 Å². The molecule has 4 saturated carbocycles. The third kappa shape index (κ3) is 3.09. The molecule has 4 fully saturated rings. The average molecular weight is 292 g/mol. The Hall–Kier alpha value is -1.06. The first-order valence-electron chi connectivity index (χ1n) is 8.60. The van der Waals surface area contributed by atoms with Gasteiger partial charge in [-0.2, -0.15) is 0 Å². The molecule has 0 aromatic rings. The van der Waals surface area contributed by atoms with Gasteiger partial charge in [-0.15, -0.1) is 0 Å². The van der Waals surface area contributed by atoms with Crippen molar-refractivity contribution in [2.24, 2.45) is 35.5 Å². The predicted octanol–water partition coefficient (Wildman–Crippen LogP) is 1.95. The van der Waals surface area contributed by atoms with Crippen LogP contribution in [0.15, 0.2) is 0 Å². The van der Waals surface area contributed by atoms with Gasteiger partial charge in [-0.3, -0.25) is 9.59 Å². The highest BCUT2D eigenvalue weighted by molar-refractivity contribution is 5.80. The van der Waals surface area contributed by atoms with Crippen LogP contribution in [-0.4, -0.2) is 24.9 Å². The first-order valence-corrected chi connectivity index (χ1v) is 8.60. The molecule has 0 saturated heterocycles. The van der Waals surface area contributed by atoms with E-state index in [2.05, 4.69) is 10.6 Å². The van der Waals surface area contributed by atoms with Crippen LogP contribution in [0.2, 0.25) is 0 Å². The lowest BCUT2D eigenvalue weighted by Crippen LogP contribution is -2.51. The van der Waals surface area contributed by atoms with Gasteiger partial charge in [0.2, 0.25) is 11.8 Å². The summed E-state index contributed by atoms with van der Waals surface area (Å²) in [6, 6.07) is 0. The Balaban J connectivity index is 1.45. The van der Waals surface area contributed by atoms with Crippen molar-refractivity contribution in [1.82, 2.24) is 10.6 Å². The summed E-state index contributed by atoms with van der Waals surface area (Å²) in [5.41, 5.74) is 0. The molecule has 4 nitrogen and oxygen atoms in total. The Morgan fingerprint density at radius 2 is 1.43 bits per heavy atom. The Morgan fingerprint density at radius 3 is 1.95 bits per heavy atom. The molecule has 4 heteroatoms. The summed E-state index contributed by atoms with van der Waals surface area (Å²) in [5, 5.41) is 5.90. The second-order valence-corrected chi connectivity index (χ2v) is 7.69. The molecule has 0 radical (unpaired) electrons. The SMILES string of the molecule is CC(C)C(=O)NCCNC(=O)C1C2CC3CC(C2)CC1C3. The molecule has 0 unspecified atom stereocenters. The van der Waals surface area contributed by atoms with Gasteiger partial charge in [-0.1, -0.05) is 13.8 Å². The van der Waals surface area contributed by atoms with E-state index in [1.54, 1.807) is 0 Å². The summed E-state index contributed by atoms with van der Waals surface area (Å²) >= 11 is 0. The number of hydrogen-bond acceptors (Lipinski definition) is 2. The van der Waals surface area contributed by atoms with Crippen LogP contribution in [0.4, 0.5) is 0 Å². The molecule has 4 rings (SSSR count). The summed E-state index contributed by atoms with van der Waals surface area (Å²) in [6.45, 7) is 4.85. The number of carbonyl (C=O) groups is 2. The molecule has 2 amide bonds. The van der Waals surface area contributed by atoms with E-state index >= 15 is 0 Å². The molecule has 0 aliphatic heterocycles. The van der Waals surface area contributed by atoms with Crippen LogP contribution in [-0.2, 0) is 9.59 Å². The van der Waals surface area contributed by atoms with Crippen LogP contribution in [0.3, 0.4) is 0 Å². The van der Waals surface area contributed by atoms with Gasteiger partial charge in [0.05, 0.1) is 0 Å². The predicted molar refractivity (Wildman–Crippen MR) is 81.4 cm³/mol. The number of rotatable bonds is 5. The summed E-state index contributed by atoms with van der Waals surface area (Å²) in [5.74, 6) is 3.62. The summed E-state index contributed by atoms with van der Waals surface area (Å²) in [6.07, 6.45) is 6.51. The molecule has 2 N–H and O–H groups in total. The Kier molecular flexibility index (Phi) is 4.23. The first-order chi connectivity index (χ1) is 10.0. The summed E-state index contributed by atoms with van der Waals surface area (Å²) < 4.78 is 0. The summed E-state index contributed by atoms with van der Waals surface area (Å²) in [4.78, 5) is 24.0.